The summed E-state index contributed by atoms with van der Waals surface area (Å²) < 4.78 is 136. The smallest absolute Gasteiger partial charge is 0.414 e. The number of amides is 3. The fraction of sp³-hybridized carbons (Fsp3) is 0.333. The number of rotatable bonds is 15. The predicted octanol–water partition coefficient (Wildman–Crippen LogP) is 9.63. The number of alkyl carbamates (subject to hydrolysis) is 2. The molecule has 1 aliphatic heterocycles. The molecule has 4 aromatic carbocycles. The lowest BCUT2D eigenvalue weighted by Gasteiger charge is -2.37. The van der Waals surface area contributed by atoms with Gasteiger partial charge in [0.15, 0.2) is 21.2 Å². The Morgan fingerprint density at radius 1 is 0.882 bits per heavy atom. The van der Waals surface area contributed by atoms with Gasteiger partial charge in [-0.1, -0.05) is 98.2 Å². The van der Waals surface area contributed by atoms with E-state index in [0.717, 1.165) is 31.3 Å². The Kier molecular flexibility index (Phi) is 13.7. The Bertz CT molecular complexity index is 2830. The Morgan fingerprint density at radius 3 is 2.09 bits per heavy atom. The second kappa shape index (κ2) is 18.9. The summed E-state index contributed by atoms with van der Waals surface area (Å²) in [5, 5.41) is 7.86. The Labute approximate surface area is 389 Å². The van der Waals surface area contributed by atoms with Crippen LogP contribution in [-0.4, -0.2) is 83.1 Å². The van der Waals surface area contributed by atoms with E-state index in [9.17, 15) is 35.6 Å². The molecule has 2 N–H and O–H groups in total. The molecule has 360 valence electrons. The summed E-state index contributed by atoms with van der Waals surface area (Å²) >= 11 is 6.50. The number of hydrogen-bond acceptors (Lipinski definition) is 10. The summed E-state index contributed by atoms with van der Waals surface area (Å²) in [5.41, 5.74) is -6.11. The van der Waals surface area contributed by atoms with Crippen LogP contribution in [0.5, 0.6) is 0 Å². The zero-order chi connectivity index (χ0) is 49.4. The quantitative estimate of drug-likeness (QED) is 0.0969. The van der Waals surface area contributed by atoms with Crippen LogP contribution in [0.1, 0.15) is 62.4 Å². The van der Waals surface area contributed by atoms with Crippen molar-refractivity contribution >= 4 is 45.5 Å². The van der Waals surface area contributed by atoms with Crippen LogP contribution in [0.3, 0.4) is 0 Å². The van der Waals surface area contributed by atoms with Gasteiger partial charge in [-0.15, -0.1) is 0 Å². The van der Waals surface area contributed by atoms with Gasteiger partial charge in [0, 0.05) is 11.8 Å². The SMILES string of the molecule is CC(C)(C[C@]1(c2ccc(-c3ccc(S(C)(=O)=O)cc3)cc2)N=C(NC(=O)OCc2ccccc2)N([C@H](COC(=O)NC2(C(F)F)CC2)c2ccc(Cl)c(-c3ncnn3C(F)F)c2)C1=O)C(F)(F)F. The molecule has 0 unspecified atom stereocenters. The zero-order valence-electron chi connectivity index (χ0n) is 36.1. The van der Waals surface area contributed by atoms with Crippen molar-refractivity contribution < 1.29 is 63.0 Å². The minimum atomic E-state index is -4.97. The minimum absolute atomic E-state index is 0.0281. The van der Waals surface area contributed by atoms with Crippen LogP contribution in [0.25, 0.3) is 22.5 Å². The second-order valence-electron chi connectivity index (χ2n) is 16.8. The Balaban J connectivity index is 1.38. The Hall–Kier alpha value is -6.55. The minimum Gasteiger partial charge on any atom is -0.447 e. The molecule has 0 spiro atoms. The average molecular weight is 992 g/mol. The highest BCUT2D eigenvalue weighted by atomic mass is 35.5. The molecule has 0 saturated heterocycles. The first-order valence-electron chi connectivity index (χ1n) is 20.5. The molecule has 2 aliphatic rings. The van der Waals surface area contributed by atoms with Gasteiger partial charge in [0.25, 0.3) is 12.3 Å². The van der Waals surface area contributed by atoms with E-state index >= 15 is 18.0 Å². The monoisotopic (exact) mass is 991 g/mol. The first-order chi connectivity index (χ1) is 31.9. The van der Waals surface area contributed by atoms with Gasteiger partial charge in [0.05, 0.1) is 21.4 Å². The molecule has 68 heavy (non-hydrogen) atoms. The van der Waals surface area contributed by atoms with Crippen molar-refractivity contribution in [3.8, 4) is 22.5 Å². The molecule has 14 nitrogen and oxygen atoms in total. The number of aromatic nitrogens is 3. The third kappa shape index (κ3) is 10.3. The summed E-state index contributed by atoms with van der Waals surface area (Å²) in [4.78, 5) is 51.8. The highest BCUT2D eigenvalue weighted by molar-refractivity contribution is 7.90. The van der Waals surface area contributed by atoms with Crippen molar-refractivity contribution in [1.82, 2.24) is 30.3 Å². The standard InChI is InChI=1S/C45H41ClF7N7O7S/c1-42(2,45(51,52)53)24-44(30-14-9-27(10-15-30)28-11-16-31(17-12-28)68(3,64)65)37(61)59(39(57-44)56-40(62)66-22-26-7-5-4-6-8-26)34(23-67-41(63)58-43(19-20-43)36(47)48)29-13-18-33(46)32(21-29)35-54-25-55-60(35)38(49)50/h4-18,21,25,34,36,38H,19-20,22-24H2,1-3H3,(H,58,63)(H,56,57,62)/t34-,44-/m1/s1. The van der Waals surface area contributed by atoms with E-state index in [2.05, 4.69) is 25.7 Å². The summed E-state index contributed by atoms with van der Waals surface area (Å²) in [6.45, 7) is -2.82. The van der Waals surface area contributed by atoms with E-state index in [4.69, 9.17) is 21.1 Å². The molecule has 0 bridgehead atoms. The van der Waals surface area contributed by atoms with Crippen molar-refractivity contribution in [2.75, 3.05) is 12.9 Å². The first-order valence-corrected chi connectivity index (χ1v) is 22.8. The Morgan fingerprint density at radius 2 is 1.51 bits per heavy atom. The highest BCUT2D eigenvalue weighted by Crippen LogP contribution is 2.51. The van der Waals surface area contributed by atoms with E-state index in [1.807, 2.05) is 0 Å². The molecule has 1 fully saturated rings. The summed E-state index contributed by atoms with van der Waals surface area (Å²) in [5.74, 6) is -2.39. The fourth-order valence-electron chi connectivity index (χ4n) is 7.54. The van der Waals surface area contributed by atoms with Crippen LogP contribution in [0.2, 0.25) is 5.02 Å². The lowest BCUT2D eigenvalue weighted by molar-refractivity contribution is -0.218. The van der Waals surface area contributed by atoms with Gasteiger partial charge < -0.3 is 14.8 Å². The third-order valence-electron chi connectivity index (χ3n) is 11.6. The van der Waals surface area contributed by atoms with Crippen molar-refractivity contribution in [3.05, 3.63) is 125 Å². The maximum atomic E-state index is 15.6. The molecule has 7 rings (SSSR count). The third-order valence-corrected chi connectivity index (χ3v) is 13.0. The van der Waals surface area contributed by atoms with Crippen LogP contribution in [0.15, 0.2) is 113 Å². The van der Waals surface area contributed by atoms with Gasteiger partial charge in [0.2, 0.25) is 5.96 Å². The first kappa shape index (κ1) is 49.4. The molecule has 1 saturated carbocycles. The van der Waals surface area contributed by atoms with E-state index in [1.54, 1.807) is 30.3 Å². The number of ether oxygens (including phenoxy) is 2. The number of hydrogen-bond donors (Lipinski definition) is 2. The zero-order valence-corrected chi connectivity index (χ0v) is 37.7. The molecule has 23 heteroatoms. The van der Waals surface area contributed by atoms with Gasteiger partial charge in [-0.2, -0.15) is 31.7 Å². The summed E-state index contributed by atoms with van der Waals surface area (Å²) in [6.07, 6.45) is -10.00. The van der Waals surface area contributed by atoms with Gasteiger partial charge in [-0.3, -0.25) is 15.0 Å². The van der Waals surface area contributed by atoms with E-state index < -0.39 is 94.4 Å². The number of halogens is 8. The van der Waals surface area contributed by atoms with Crippen molar-refractivity contribution in [2.45, 2.75) is 80.9 Å². The normalized spacial score (nSPS) is 17.5. The largest absolute Gasteiger partial charge is 0.447 e. The van der Waals surface area contributed by atoms with E-state index in [1.165, 1.54) is 66.7 Å². The topological polar surface area (TPSA) is 174 Å². The van der Waals surface area contributed by atoms with Crippen LogP contribution in [-0.2, 0) is 36.3 Å². The summed E-state index contributed by atoms with van der Waals surface area (Å²) in [6, 6.07) is 21.6. The lowest BCUT2D eigenvalue weighted by Crippen LogP contribution is -2.51. The van der Waals surface area contributed by atoms with E-state index in [0.29, 0.717) is 16.7 Å². The van der Waals surface area contributed by atoms with Crippen LogP contribution < -0.4 is 10.6 Å². The van der Waals surface area contributed by atoms with Gasteiger partial charge in [0.1, 0.15) is 25.1 Å². The molecule has 2 heterocycles. The maximum Gasteiger partial charge on any atom is 0.414 e. The molecule has 3 amide bonds. The molecule has 2 atom stereocenters. The molecule has 1 aromatic heterocycles. The number of aliphatic imine (C=N–C) groups is 1. The van der Waals surface area contributed by atoms with Crippen LogP contribution in [0.4, 0.5) is 40.3 Å². The highest BCUT2D eigenvalue weighted by Gasteiger charge is 2.60. The van der Waals surface area contributed by atoms with Crippen molar-refractivity contribution in [1.29, 1.82) is 0 Å². The van der Waals surface area contributed by atoms with Crippen molar-refractivity contribution in [3.63, 3.8) is 0 Å². The number of benzene rings is 4. The molecule has 1 aliphatic carbocycles. The molecule has 5 aromatic rings. The fourth-order valence-corrected chi connectivity index (χ4v) is 8.37. The van der Waals surface area contributed by atoms with Crippen LogP contribution >= 0.6 is 11.6 Å². The number of carbonyl (C=O) groups is 3. The molecular formula is C45H41ClF7N7O7S. The summed E-state index contributed by atoms with van der Waals surface area (Å²) in [7, 11) is -3.56. The van der Waals surface area contributed by atoms with Gasteiger partial charge in [-0.25, -0.2) is 36.8 Å². The van der Waals surface area contributed by atoms with Gasteiger partial charge >= 0.3 is 24.9 Å². The molecular weight excluding hydrogens is 951 g/mol. The van der Waals surface area contributed by atoms with Crippen LogP contribution in [0, 0.1) is 5.41 Å². The van der Waals surface area contributed by atoms with Gasteiger partial charge in [-0.05, 0) is 71.3 Å². The number of alkyl halides is 7. The maximum absolute atomic E-state index is 15.6. The predicted molar refractivity (Wildman–Crippen MR) is 232 cm³/mol. The van der Waals surface area contributed by atoms with E-state index in [-0.39, 0.29) is 50.7 Å². The number of sulfone groups is 1. The second-order valence-corrected chi connectivity index (χ2v) is 19.3. The average Bonchev–Trinajstić information content (AvgIpc) is 3.81. The number of guanidine groups is 1. The lowest BCUT2D eigenvalue weighted by atomic mass is 9.74. The molecule has 0 radical (unpaired) electrons. The number of nitrogens with one attached hydrogen (secondary N) is 2. The number of carbonyl (C=O) groups excluding carboxylic acids is 3. The number of nitrogens with zero attached hydrogens (tertiary/aromatic N) is 5. The van der Waals surface area contributed by atoms with Crippen molar-refractivity contribution in [2.24, 2.45) is 10.4 Å².